The molecule has 2 aliphatic rings. The van der Waals surface area contributed by atoms with E-state index in [1.807, 2.05) is 17.2 Å². The molecule has 1 aromatic carbocycles. The molecule has 132 valence electrons. The fourth-order valence-corrected chi connectivity index (χ4v) is 4.02. The molecule has 2 unspecified atom stereocenters. The van der Waals surface area contributed by atoms with E-state index in [-0.39, 0.29) is 12.1 Å². The van der Waals surface area contributed by atoms with Crippen molar-refractivity contribution in [1.82, 2.24) is 20.2 Å². The third kappa shape index (κ3) is 3.55. The third-order valence-electron chi connectivity index (χ3n) is 5.67. The second-order valence-corrected chi connectivity index (χ2v) is 7.29. The maximum absolute atomic E-state index is 12.9. The Labute approximate surface area is 148 Å². The highest BCUT2D eigenvalue weighted by Gasteiger charge is 2.32. The van der Waals surface area contributed by atoms with Crippen molar-refractivity contribution in [2.75, 3.05) is 13.1 Å². The van der Waals surface area contributed by atoms with Crippen LogP contribution in [0.2, 0.25) is 0 Å². The van der Waals surface area contributed by atoms with Gasteiger partial charge in [0.2, 0.25) is 0 Å². The van der Waals surface area contributed by atoms with Gasteiger partial charge in [-0.05, 0) is 37.2 Å². The summed E-state index contributed by atoms with van der Waals surface area (Å²) in [6, 6.07) is 10.6. The van der Waals surface area contributed by atoms with Crippen LogP contribution in [-0.2, 0) is 0 Å². The van der Waals surface area contributed by atoms with Gasteiger partial charge in [-0.15, -0.1) is 0 Å². The number of nitrogens with one attached hydrogen (secondary N) is 2. The lowest BCUT2D eigenvalue weighted by Gasteiger charge is -2.38. The van der Waals surface area contributed by atoms with Crippen molar-refractivity contribution in [3.05, 3.63) is 54.1 Å². The summed E-state index contributed by atoms with van der Waals surface area (Å²) in [5.74, 6) is 1.88. The lowest BCUT2D eigenvalue weighted by molar-refractivity contribution is 0.160. The number of piperidine rings is 1. The maximum Gasteiger partial charge on any atom is 0.317 e. The van der Waals surface area contributed by atoms with E-state index in [0.717, 1.165) is 31.8 Å². The fraction of sp³-hybridized carbons (Fsp3) is 0.500. The van der Waals surface area contributed by atoms with Gasteiger partial charge in [-0.25, -0.2) is 9.78 Å². The zero-order valence-electron chi connectivity index (χ0n) is 14.5. The van der Waals surface area contributed by atoms with Crippen LogP contribution in [0, 0.1) is 5.92 Å². The predicted molar refractivity (Wildman–Crippen MR) is 97.2 cm³/mol. The van der Waals surface area contributed by atoms with E-state index in [0.29, 0.717) is 11.8 Å². The van der Waals surface area contributed by atoms with Crippen LogP contribution in [0.3, 0.4) is 0 Å². The molecule has 25 heavy (non-hydrogen) atoms. The van der Waals surface area contributed by atoms with Crippen LogP contribution in [-0.4, -0.2) is 34.0 Å². The van der Waals surface area contributed by atoms with E-state index in [1.54, 1.807) is 6.20 Å². The number of rotatable bonds is 4. The van der Waals surface area contributed by atoms with Gasteiger partial charge in [0.05, 0.1) is 6.04 Å². The van der Waals surface area contributed by atoms with E-state index in [9.17, 15) is 4.79 Å². The molecule has 2 N–H and O–H groups in total. The summed E-state index contributed by atoms with van der Waals surface area (Å²) in [4.78, 5) is 22.5. The Balaban J connectivity index is 1.44. The van der Waals surface area contributed by atoms with Crippen LogP contribution in [0.15, 0.2) is 42.7 Å². The number of hydrogen-bond acceptors (Lipinski definition) is 2. The Morgan fingerprint density at radius 3 is 2.72 bits per heavy atom. The highest BCUT2D eigenvalue weighted by molar-refractivity contribution is 5.75. The van der Waals surface area contributed by atoms with E-state index >= 15 is 0 Å². The first-order chi connectivity index (χ1) is 12.3. The van der Waals surface area contributed by atoms with Gasteiger partial charge in [0.1, 0.15) is 5.82 Å². The van der Waals surface area contributed by atoms with Gasteiger partial charge in [-0.1, -0.05) is 36.8 Å². The van der Waals surface area contributed by atoms with Crippen molar-refractivity contribution in [3.63, 3.8) is 0 Å². The number of likely N-dealkylation sites (tertiary alicyclic amines) is 1. The van der Waals surface area contributed by atoms with Gasteiger partial charge >= 0.3 is 6.03 Å². The molecule has 4 rings (SSSR count). The topological polar surface area (TPSA) is 61.0 Å². The second kappa shape index (κ2) is 7.30. The van der Waals surface area contributed by atoms with Crippen LogP contribution in [0.4, 0.5) is 4.79 Å². The molecule has 1 saturated heterocycles. The smallest absolute Gasteiger partial charge is 0.317 e. The molecule has 5 nitrogen and oxygen atoms in total. The third-order valence-corrected chi connectivity index (χ3v) is 5.67. The first kappa shape index (κ1) is 16.2. The standard InChI is InChI=1S/C20H26N4O/c25-20(24-13-5-10-17(14-24)19-21-11-12-22-19)23-18(16-8-4-9-16)15-6-2-1-3-7-15/h1-3,6-7,11-12,16-18H,4-5,8-10,13-14H2,(H,21,22)(H,23,25). The van der Waals surface area contributed by atoms with E-state index < -0.39 is 0 Å². The molecule has 2 atom stereocenters. The van der Waals surface area contributed by atoms with Crippen LogP contribution in [0.25, 0.3) is 0 Å². The molecular formula is C20H26N4O. The molecule has 1 aliphatic heterocycles. The Hall–Kier alpha value is -2.30. The summed E-state index contributed by atoms with van der Waals surface area (Å²) in [6.45, 7) is 1.57. The number of benzene rings is 1. The monoisotopic (exact) mass is 338 g/mol. The Kier molecular flexibility index (Phi) is 4.72. The van der Waals surface area contributed by atoms with Crippen molar-refractivity contribution >= 4 is 6.03 Å². The molecule has 1 aliphatic carbocycles. The molecular weight excluding hydrogens is 312 g/mol. The molecule has 2 fully saturated rings. The molecule has 1 aromatic heterocycles. The molecule has 0 bridgehead atoms. The van der Waals surface area contributed by atoms with Gasteiger partial charge in [0.25, 0.3) is 0 Å². The summed E-state index contributed by atoms with van der Waals surface area (Å²) in [5, 5.41) is 3.33. The summed E-state index contributed by atoms with van der Waals surface area (Å²) in [5.41, 5.74) is 1.22. The van der Waals surface area contributed by atoms with Gasteiger partial charge in [0, 0.05) is 31.4 Å². The largest absolute Gasteiger partial charge is 0.348 e. The van der Waals surface area contributed by atoms with Crippen LogP contribution < -0.4 is 5.32 Å². The predicted octanol–water partition coefficient (Wildman–Crippen LogP) is 3.84. The summed E-state index contributed by atoms with van der Waals surface area (Å²) in [7, 11) is 0. The minimum atomic E-state index is 0.0667. The summed E-state index contributed by atoms with van der Waals surface area (Å²) >= 11 is 0. The van der Waals surface area contributed by atoms with Gasteiger partial charge < -0.3 is 15.2 Å². The van der Waals surface area contributed by atoms with Gasteiger partial charge in [-0.2, -0.15) is 0 Å². The average molecular weight is 338 g/mol. The summed E-state index contributed by atoms with van der Waals surface area (Å²) in [6.07, 6.45) is 9.44. The van der Waals surface area contributed by atoms with Crippen molar-refractivity contribution < 1.29 is 4.79 Å². The molecule has 2 aromatic rings. The SMILES string of the molecule is O=C(NC(c1ccccc1)C1CCC1)N1CCCC(c2ncc[nH]2)C1. The molecule has 0 spiro atoms. The van der Waals surface area contributed by atoms with Crippen LogP contribution >= 0.6 is 0 Å². The summed E-state index contributed by atoms with van der Waals surface area (Å²) < 4.78 is 0. The second-order valence-electron chi connectivity index (χ2n) is 7.29. The Morgan fingerprint density at radius 2 is 2.04 bits per heavy atom. The molecule has 5 heteroatoms. The number of aromatic nitrogens is 2. The minimum Gasteiger partial charge on any atom is -0.348 e. The molecule has 2 heterocycles. The highest BCUT2D eigenvalue weighted by atomic mass is 16.2. The first-order valence-corrected chi connectivity index (χ1v) is 9.41. The van der Waals surface area contributed by atoms with Crippen molar-refractivity contribution in [2.45, 2.75) is 44.1 Å². The number of amides is 2. The normalized spacial score (nSPS) is 22.2. The number of urea groups is 1. The van der Waals surface area contributed by atoms with Crippen molar-refractivity contribution in [2.24, 2.45) is 5.92 Å². The zero-order chi connectivity index (χ0) is 17.1. The lowest BCUT2D eigenvalue weighted by Crippen LogP contribution is -2.48. The first-order valence-electron chi connectivity index (χ1n) is 9.41. The lowest BCUT2D eigenvalue weighted by atomic mass is 9.77. The quantitative estimate of drug-likeness (QED) is 0.890. The number of nitrogens with zero attached hydrogens (tertiary/aromatic N) is 2. The molecule has 2 amide bonds. The zero-order valence-corrected chi connectivity index (χ0v) is 14.5. The van der Waals surface area contributed by atoms with Crippen LogP contribution in [0.5, 0.6) is 0 Å². The minimum absolute atomic E-state index is 0.0667. The molecule has 0 radical (unpaired) electrons. The van der Waals surface area contributed by atoms with E-state index in [2.05, 4.69) is 39.6 Å². The number of carbonyl (C=O) groups excluding carboxylic acids is 1. The van der Waals surface area contributed by atoms with E-state index in [4.69, 9.17) is 0 Å². The fourth-order valence-electron chi connectivity index (χ4n) is 4.02. The number of carbonyl (C=O) groups is 1. The van der Waals surface area contributed by atoms with Crippen LogP contribution in [0.1, 0.15) is 55.5 Å². The van der Waals surface area contributed by atoms with Gasteiger partial charge in [-0.3, -0.25) is 0 Å². The van der Waals surface area contributed by atoms with Crippen molar-refractivity contribution in [1.29, 1.82) is 0 Å². The Bertz CT molecular complexity index is 681. The number of H-pyrrole nitrogens is 1. The Morgan fingerprint density at radius 1 is 1.20 bits per heavy atom. The average Bonchev–Trinajstić information content (AvgIpc) is 3.15. The van der Waals surface area contributed by atoms with E-state index in [1.165, 1.54) is 24.8 Å². The number of aromatic amines is 1. The number of hydrogen-bond donors (Lipinski definition) is 2. The molecule has 1 saturated carbocycles. The highest BCUT2D eigenvalue weighted by Crippen LogP contribution is 2.38. The maximum atomic E-state index is 12.9. The van der Waals surface area contributed by atoms with Crippen molar-refractivity contribution in [3.8, 4) is 0 Å². The number of imidazole rings is 1. The van der Waals surface area contributed by atoms with Gasteiger partial charge in [0.15, 0.2) is 0 Å².